The number of carboxylic acids is 1. The van der Waals surface area contributed by atoms with Crippen LogP contribution in [0.1, 0.15) is 38.5 Å². The highest BCUT2D eigenvalue weighted by atomic mass is 32.2. The lowest BCUT2D eigenvalue weighted by Gasteiger charge is -2.38. The number of morpholine rings is 1. The highest BCUT2D eigenvalue weighted by Gasteiger charge is 2.49. The monoisotopic (exact) mass is 303 g/mol. The van der Waals surface area contributed by atoms with Gasteiger partial charge in [0.1, 0.15) is 0 Å². The molecule has 0 amide bonds. The van der Waals surface area contributed by atoms with E-state index >= 15 is 0 Å². The summed E-state index contributed by atoms with van der Waals surface area (Å²) in [4.78, 5) is 11.3. The lowest BCUT2D eigenvalue weighted by molar-refractivity contribution is -0.141. The van der Waals surface area contributed by atoms with E-state index in [2.05, 4.69) is 0 Å². The smallest absolute Gasteiger partial charge is 0.307 e. The maximum atomic E-state index is 12.9. The summed E-state index contributed by atoms with van der Waals surface area (Å²) in [7, 11) is -3.54. The maximum absolute atomic E-state index is 12.9. The molecule has 0 aromatic rings. The predicted octanol–water partition coefficient (Wildman–Crippen LogP) is 0.823. The van der Waals surface area contributed by atoms with Crippen molar-refractivity contribution < 1.29 is 23.1 Å². The zero-order chi connectivity index (χ0) is 14.3. The molecule has 6 nitrogen and oxygen atoms in total. The number of hydrogen-bond acceptors (Lipinski definition) is 4. The molecule has 1 saturated heterocycles. The first-order chi connectivity index (χ1) is 9.51. The van der Waals surface area contributed by atoms with Crippen molar-refractivity contribution in [1.82, 2.24) is 4.31 Å². The van der Waals surface area contributed by atoms with Gasteiger partial charge in [-0.05, 0) is 32.1 Å². The van der Waals surface area contributed by atoms with Crippen LogP contribution in [0.25, 0.3) is 0 Å². The quantitative estimate of drug-likeness (QED) is 0.834. The minimum atomic E-state index is -3.54. The molecule has 0 radical (unpaired) electrons. The molecule has 7 heteroatoms. The van der Waals surface area contributed by atoms with Gasteiger partial charge in [0.25, 0.3) is 0 Å². The number of rotatable bonds is 3. The molecule has 1 aliphatic heterocycles. The third-order valence-electron chi connectivity index (χ3n) is 4.91. The van der Waals surface area contributed by atoms with E-state index in [-0.39, 0.29) is 12.1 Å². The Morgan fingerprint density at radius 3 is 2.65 bits per heavy atom. The Kier molecular flexibility index (Phi) is 3.77. The van der Waals surface area contributed by atoms with Crippen LogP contribution in [0.4, 0.5) is 0 Å². The summed E-state index contributed by atoms with van der Waals surface area (Å²) in [5, 5.41) is 8.47. The Labute approximate surface area is 119 Å². The molecule has 114 valence electrons. The van der Waals surface area contributed by atoms with Crippen LogP contribution < -0.4 is 0 Å². The van der Waals surface area contributed by atoms with E-state index < -0.39 is 27.2 Å². The number of fused-ring (bicyclic) bond motifs is 1. The van der Waals surface area contributed by atoms with Crippen LogP contribution in [0.5, 0.6) is 0 Å². The van der Waals surface area contributed by atoms with Crippen molar-refractivity contribution >= 4 is 16.0 Å². The number of nitrogens with zero attached hydrogens (tertiary/aromatic N) is 1. The normalized spacial score (nSPS) is 38.8. The van der Waals surface area contributed by atoms with E-state index in [1.165, 1.54) is 0 Å². The summed E-state index contributed by atoms with van der Waals surface area (Å²) in [6.45, 7) is 0.789. The van der Waals surface area contributed by atoms with Gasteiger partial charge in [0.15, 0.2) is 0 Å². The lowest BCUT2D eigenvalue weighted by atomic mass is 10.1. The summed E-state index contributed by atoms with van der Waals surface area (Å²) in [6.07, 6.45) is 4.33. The van der Waals surface area contributed by atoms with E-state index in [0.29, 0.717) is 32.4 Å². The minimum absolute atomic E-state index is 0.00297. The second kappa shape index (κ2) is 5.27. The van der Waals surface area contributed by atoms with Gasteiger partial charge in [-0.15, -0.1) is 0 Å². The zero-order valence-corrected chi connectivity index (χ0v) is 12.2. The fourth-order valence-corrected chi connectivity index (χ4v) is 6.37. The number of hydrogen-bond donors (Lipinski definition) is 1. The minimum Gasteiger partial charge on any atom is -0.481 e. The van der Waals surface area contributed by atoms with Crippen LogP contribution in [0.2, 0.25) is 0 Å². The molecule has 20 heavy (non-hydrogen) atoms. The van der Waals surface area contributed by atoms with Crippen molar-refractivity contribution in [2.75, 3.05) is 13.2 Å². The molecule has 2 aliphatic carbocycles. The molecule has 0 aromatic carbocycles. The van der Waals surface area contributed by atoms with Gasteiger partial charge in [0, 0.05) is 6.54 Å². The molecule has 0 aromatic heterocycles. The fraction of sp³-hybridized carbons (Fsp3) is 0.923. The van der Waals surface area contributed by atoms with Crippen LogP contribution in [-0.4, -0.2) is 54.3 Å². The topological polar surface area (TPSA) is 83.9 Å². The van der Waals surface area contributed by atoms with Gasteiger partial charge in [0.05, 0.1) is 29.9 Å². The van der Waals surface area contributed by atoms with Gasteiger partial charge in [-0.25, -0.2) is 8.42 Å². The van der Waals surface area contributed by atoms with Gasteiger partial charge in [-0.1, -0.05) is 6.42 Å². The Balaban J connectivity index is 1.85. The van der Waals surface area contributed by atoms with Crippen molar-refractivity contribution in [2.45, 2.75) is 55.9 Å². The van der Waals surface area contributed by atoms with Crippen LogP contribution in [0.3, 0.4) is 0 Å². The second-order valence-electron chi connectivity index (χ2n) is 5.98. The molecule has 3 rings (SSSR count). The Hall–Kier alpha value is -0.660. The van der Waals surface area contributed by atoms with E-state index in [1.54, 1.807) is 4.31 Å². The van der Waals surface area contributed by atoms with Gasteiger partial charge in [0.2, 0.25) is 10.0 Å². The van der Waals surface area contributed by atoms with Gasteiger partial charge in [-0.3, -0.25) is 4.79 Å². The average Bonchev–Trinajstić information content (AvgIpc) is 3.06. The molecular formula is C13H21NO5S. The SMILES string of the molecule is O=C(O)C1CCCC1S(=O)(=O)N1CCOC2CCCC21. The average molecular weight is 303 g/mol. The third-order valence-corrected chi connectivity index (χ3v) is 7.35. The molecule has 1 N–H and O–H groups in total. The van der Waals surface area contributed by atoms with Crippen molar-refractivity contribution in [3.63, 3.8) is 0 Å². The largest absolute Gasteiger partial charge is 0.481 e. The summed E-state index contributed by atoms with van der Waals surface area (Å²) in [6, 6.07) is -0.0798. The molecule has 0 spiro atoms. The molecule has 1 heterocycles. The number of sulfonamides is 1. The van der Waals surface area contributed by atoms with Crippen LogP contribution in [-0.2, 0) is 19.6 Å². The zero-order valence-electron chi connectivity index (χ0n) is 11.4. The van der Waals surface area contributed by atoms with Gasteiger partial charge < -0.3 is 9.84 Å². The number of carboxylic acid groups (broad SMARTS) is 1. The van der Waals surface area contributed by atoms with E-state index in [4.69, 9.17) is 4.74 Å². The fourth-order valence-electron chi connectivity index (χ4n) is 3.95. The molecule has 3 aliphatic rings. The molecule has 4 unspecified atom stereocenters. The molecular weight excluding hydrogens is 282 g/mol. The first-order valence-electron chi connectivity index (χ1n) is 7.37. The molecule has 4 atom stereocenters. The van der Waals surface area contributed by atoms with Gasteiger partial charge >= 0.3 is 5.97 Å². The molecule has 3 fully saturated rings. The highest BCUT2D eigenvalue weighted by molar-refractivity contribution is 7.89. The maximum Gasteiger partial charge on any atom is 0.307 e. The van der Waals surface area contributed by atoms with Crippen molar-refractivity contribution in [3.8, 4) is 0 Å². The summed E-state index contributed by atoms with van der Waals surface area (Å²) >= 11 is 0. The van der Waals surface area contributed by atoms with E-state index in [9.17, 15) is 18.3 Å². The number of aliphatic carboxylic acids is 1. The van der Waals surface area contributed by atoms with Crippen LogP contribution in [0, 0.1) is 5.92 Å². The third kappa shape index (κ3) is 2.25. The summed E-state index contributed by atoms with van der Waals surface area (Å²) < 4.78 is 32.9. The first-order valence-corrected chi connectivity index (χ1v) is 8.87. The first kappa shape index (κ1) is 14.3. The Bertz CT molecular complexity index is 491. The predicted molar refractivity (Wildman–Crippen MR) is 71.8 cm³/mol. The number of ether oxygens (including phenoxy) is 1. The second-order valence-corrected chi connectivity index (χ2v) is 8.08. The molecule has 0 bridgehead atoms. The number of carbonyl (C=O) groups is 1. The van der Waals surface area contributed by atoms with E-state index in [1.807, 2.05) is 0 Å². The van der Waals surface area contributed by atoms with Crippen molar-refractivity contribution in [3.05, 3.63) is 0 Å². The van der Waals surface area contributed by atoms with Crippen LogP contribution >= 0.6 is 0 Å². The molecule has 2 saturated carbocycles. The highest BCUT2D eigenvalue weighted by Crippen LogP contribution is 2.38. The summed E-state index contributed by atoms with van der Waals surface area (Å²) in [5.41, 5.74) is 0. The van der Waals surface area contributed by atoms with Gasteiger partial charge in [-0.2, -0.15) is 4.31 Å². The Morgan fingerprint density at radius 2 is 1.90 bits per heavy atom. The van der Waals surface area contributed by atoms with E-state index in [0.717, 1.165) is 19.3 Å². The van der Waals surface area contributed by atoms with Crippen LogP contribution in [0.15, 0.2) is 0 Å². The van der Waals surface area contributed by atoms with Crippen molar-refractivity contribution in [2.24, 2.45) is 5.92 Å². The Morgan fingerprint density at radius 1 is 1.15 bits per heavy atom. The lowest BCUT2D eigenvalue weighted by Crippen LogP contribution is -2.54. The summed E-state index contributed by atoms with van der Waals surface area (Å²) in [5.74, 6) is -1.73. The van der Waals surface area contributed by atoms with Crippen molar-refractivity contribution in [1.29, 1.82) is 0 Å². The standard InChI is InChI=1S/C13H21NO5S/c15-13(16)9-3-1-6-12(9)20(17,18)14-7-8-19-11-5-2-4-10(11)14/h9-12H,1-8H2,(H,15,16).